The molecule has 0 aromatic heterocycles. The van der Waals surface area contributed by atoms with Crippen LogP contribution >= 0.6 is 0 Å². The highest BCUT2D eigenvalue weighted by molar-refractivity contribution is 6.34. The van der Waals surface area contributed by atoms with Crippen LogP contribution in [0.1, 0.15) is 15.9 Å². The molecular weight excluding hydrogens is 250 g/mol. The molecule has 7 nitrogen and oxygen atoms in total. The number of ether oxygens (including phenoxy) is 1. The van der Waals surface area contributed by atoms with Gasteiger partial charge in [-0.15, -0.1) is 0 Å². The highest BCUT2D eigenvalue weighted by atomic mass is 16.5. The van der Waals surface area contributed by atoms with Gasteiger partial charge in [0.2, 0.25) is 0 Å². The van der Waals surface area contributed by atoms with Gasteiger partial charge in [0.25, 0.3) is 0 Å². The van der Waals surface area contributed by atoms with E-state index in [1.807, 2.05) is 0 Å². The number of nitrogens with zero attached hydrogens (tertiary/aromatic N) is 1. The van der Waals surface area contributed by atoms with Gasteiger partial charge in [-0.1, -0.05) is 12.1 Å². The van der Waals surface area contributed by atoms with Gasteiger partial charge < -0.3 is 10.1 Å². The Morgan fingerprint density at radius 2 is 1.79 bits per heavy atom. The lowest BCUT2D eigenvalue weighted by Crippen LogP contribution is -2.35. The zero-order chi connectivity index (χ0) is 14.3. The summed E-state index contributed by atoms with van der Waals surface area (Å²) in [6, 6.07) is 6.38. The minimum Gasteiger partial charge on any atom is -0.465 e. The number of carbonyl (C=O) groups excluding carboxylic acids is 3. The molecule has 0 aliphatic rings. The molecule has 0 unspecified atom stereocenters. The monoisotopic (exact) mass is 263 g/mol. The van der Waals surface area contributed by atoms with Gasteiger partial charge >= 0.3 is 17.8 Å². The van der Waals surface area contributed by atoms with Crippen molar-refractivity contribution >= 4 is 24.0 Å². The van der Waals surface area contributed by atoms with E-state index < -0.39 is 17.8 Å². The van der Waals surface area contributed by atoms with Crippen molar-refractivity contribution in [2.24, 2.45) is 5.10 Å². The van der Waals surface area contributed by atoms with E-state index in [9.17, 15) is 14.4 Å². The Labute approximate surface area is 109 Å². The van der Waals surface area contributed by atoms with E-state index in [0.717, 1.165) is 0 Å². The number of hydrogen-bond acceptors (Lipinski definition) is 5. The molecule has 0 aliphatic carbocycles. The van der Waals surface area contributed by atoms with Crippen LogP contribution in [0.5, 0.6) is 0 Å². The largest absolute Gasteiger partial charge is 0.465 e. The molecule has 19 heavy (non-hydrogen) atoms. The Morgan fingerprint density at radius 3 is 2.32 bits per heavy atom. The highest BCUT2D eigenvalue weighted by Crippen LogP contribution is 2.03. The number of hydrazone groups is 1. The molecule has 1 aromatic carbocycles. The predicted octanol–water partition coefficient (Wildman–Crippen LogP) is -0.331. The van der Waals surface area contributed by atoms with E-state index in [4.69, 9.17) is 0 Å². The van der Waals surface area contributed by atoms with Crippen LogP contribution < -0.4 is 10.7 Å². The molecule has 0 radical (unpaired) electrons. The first-order chi connectivity index (χ1) is 9.08. The van der Waals surface area contributed by atoms with Gasteiger partial charge in [0.05, 0.1) is 18.9 Å². The van der Waals surface area contributed by atoms with E-state index in [0.29, 0.717) is 11.1 Å². The molecule has 0 saturated carbocycles. The minimum absolute atomic E-state index is 0.411. The molecule has 0 saturated heterocycles. The Hall–Kier alpha value is -2.70. The van der Waals surface area contributed by atoms with Crippen LogP contribution in [0.25, 0.3) is 0 Å². The fraction of sp³-hybridized carbons (Fsp3) is 0.167. The molecule has 1 rings (SSSR count). The predicted molar refractivity (Wildman–Crippen MR) is 67.6 cm³/mol. The Balaban J connectivity index is 2.61. The van der Waals surface area contributed by atoms with Crippen LogP contribution in [0.2, 0.25) is 0 Å². The van der Waals surface area contributed by atoms with Crippen LogP contribution in [-0.4, -0.2) is 38.2 Å². The van der Waals surface area contributed by atoms with Gasteiger partial charge in [-0.2, -0.15) is 5.10 Å². The topological polar surface area (TPSA) is 96.9 Å². The Kier molecular flexibility index (Phi) is 5.21. The maximum Gasteiger partial charge on any atom is 0.337 e. The second-order valence-electron chi connectivity index (χ2n) is 3.39. The lowest BCUT2D eigenvalue weighted by atomic mass is 10.1. The maximum atomic E-state index is 11.2. The fourth-order valence-corrected chi connectivity index (χ4v) is 1.15. The first kappa shape index (κ1) is 14.4. The number of methoxy groups -OCH3 is 1. The highest BCUT2D eigenvalue weighted by Gasteiger charge is 2.08. The zero-order valence-corrected chi connectivity index (χ0v) is 10.5. The van der Waals surface area contributed by atoms with E-state index in [1.54, 1.807) is 24.3 Å². The molecule has 0 spiro atoms. The minimum atomic E-state index is -0.857. The summed E-state index contributed by atoms with van der Waals surface area (Å²) >= 11 is 0. The third-order valence-electron chi connectivity index (χ3n) is 2.14. The molecule has 1 aromatic rings. The van der Waals surface area contributed by atoms with E-state index >= 15 is 0 Å². The van der Waals surface area contributed by atoms with Crippen molar-refractivity contribution in [3.8, 4) is 0 Å². The summed E-state index contributed by atoms with van der Waals surface area (Å²) in [4.78, 5) is 33.1. The number of rotatable bonds is 3. The van der Waals surface area contributed by atoms with Crippen LogP contribution in [-0.2, 0) is 14.3 Å². The summed E-state index contributed by atoms with van der Waals surface area (Å²) in [5.74, 6) is -2.07. The maximum absolute atomic E-state index is 11.2. The van der Waals surface area contributed by atoms with Crippen molar-refractivity contribution in [1.29, 1.82) is 0 Å². The SMILES string of the molecule is CNC(=O)C(=O)N/N=C\c1ccc(C(=O)OC)cc1. The van der Waals surface area contributed by atoms with Crippen molar-refractivity contribution in [2.75, 3.05) is 14.2 Å². The molecular formula is C12H13N3O4. The third kappa shape index (κ3) is 4.23. The van der Waals surface area contributed by atoms with E-state index in [2.05, 4.69) is 20.6 Å². The van der Waals surface area contributed by atoms with Gasteiger partial charge in [0.15, 0.2) is 0 Å². The lowest BCUT2D eigenvalue weighted by Gasteiger charge is -1.99. The average Bonchev–Trinajstić information content (AvgIpc) is 2.46. The number of benzene rings is 1. The first-order valence-electron chi connectivity index (χ1n) is 5.32. The zero-order valence-electron chi connectivity index (χ0n) is 10.5. The Morgan fingerprint density at radius 1 is 1.16 bits per heavy atom. The van der Waals surface area contributed by atoms with Crippen molar-refractivity contribution < 1.29 is 19.1 Å². The number of carbonyl (C=O) groups is 3. The fourth-order valence-electron chi connectivity index (χ4n) is 1.15. The quantitative estimate of drug-likeness (QED) is 0.338. The standard InChI is InChI=1S/C12H13N3O4/c1-13-10(16)11(17)15-14-7-8-3-5-9(6-4-8)12(18)19-2/h3-7H,1-2H3,(H,13,16)(H,15,17)/b14-7-. The lowest BCUT2D eigenvalue weighted by molar-refractivity contribution is -0.138. The summed E-state index contributed by atoms with van der Waals surface area (Å²) in [6.45, 7) is 0. The van der Waals surface area contributed by atoms with Crippen LogP contribution in [0.15, 0.2) is 29.4 Å². The summed E-state index contributed by atoms with van der Waals surface area (Å²) in [5, 5.41) is 5.77. The third-order valence-corrected chi connectivity index (χ3v) is 2.14. The summed E-state index contributed by atoms with van der Waals surface area (Å²) in [6.07, 6.45) is 1.35. The van der Waals surface area contributed by atoms with Crippen LogP contribution in [0, 0.1) is 0 Å². The first-order valence-corrected chi connectivity index (χ1v) is 5.32. The molecule has 2 N–H and O–H groups in total. The second kappa shape index (κ2) is 6.90. The summed E-state index contributed by atoms with van der Waals surface area (Å²) in [5.41, 5.74) is 3.13. The van der Waals surface area contributed by atoms with Crippen molar-refractivity contribution in [3.05, 3.63) is 35.4 Å². The van der Waals surface area contributed by atoms with Crippen LogP contribution in [0.3, 0.4) is 0 Å². The Bertz CT molecular complexity index is 508. The van der Waals surface area contributed by atoms with Gasteiger partial charge in [-0.25, -0.2) is 10.2 Å². The molecule has 0 aliphatic heterocycles. The molecule has 7 heteroatoms. The van der Waals surface area contributed by atoms with Crippen molar-refractivity contribution in [1.82, 2.24) is 10.7 Å². The number of esters is 1. The van der Waals surface area contributed by atoms with Crippen LogP contribution in [0.4, 0.5) is 0 Å². The molecule has 0 heterocycles. The normalized spacial score (nSPS) is 10.0. The molecule has 0 fully saturated rings. The van der Waals surface area contributed by atoms with Gasteiger partial charge in [0.1, 0.15) is 0 Å². The number of amides is 2. The average molecular weight is 263 g/mol. The number of nitrogens with one attached hydrogen (secondary N) is 2. The molecule has 0 bridgehead atoms. The van der Waals surface area contributed by atoms with Gasteiger partial charge in [-0.3, -0.25) is 9.59 Å². The molecule has 100 valence electrons. The second-order valence-corrected chi connectivity index (χ2v) is 3.39. The van der Waals surface area contributed by atoms with Crippen molar-refractivity contribution in [3.63, 3.8) is 0 Å². The summed E-state index contributed by atoms with van der Waals surface area (Å²) in [7, 11) is 2.64. The number of hydrogen-bond donors (Lipinski definition) is 2. The smallest absolute Gasteiger partial charge is 0.337 e. The van der Waals surface area contributed by atoms with Gasteiger partial charge in [-0.05, 0) is 17.7 Å². The molecule has 0 atom stereocenters. The molecule has 2 amide bonds. The summed E-state index contributed by atoms with van der Waals surface area (Å²) < 4.78 is 4.55. The van der Waals surface area contributed by atoms with E-state index in [1.165, 1.54) is 20.4 Å². The number of likely N-dealkylation sites (N-methyl/N-ethyl adjacent to an activating group) is 1. The van der Waals surface area contributed by atoms with Gasteiger partial charge in [0, 0.05) is 7.05 Å². The van der Waals surface area contributed by atoms with E-state index in [-0.39, 0.29) is 0 Å². The van der Waals surface area contributed by atoms with Crippen molar-refractivity contribution in [2.45, 2.75) is 0 Å².